The molecule has 5 nitrogen and oxygen atoms in total. The Kier molecular flexibility index (Phi) is 4.41. The number of thiazole rings is 1. The quantitative estimate of drug-likeness (QED) is 0.532. The fourth-order valence-corrected chi connectivity index (χ4v) is 3.85. The molecule has 4 rings (SSSR count). The molecule has 136 valence electrons. The van der Waals surface area contributed by atoms with Crippen molar-refractivity contribution in [1.82, 2.24) is 14.5 Å². The van der Waals surface area contributed by atoms with Crippen molar-refractivity contribution in [2.45, 2.75) is 13.5 Å². The average molecular weight is 384 g/mol. The van der Waals surface area contributed by atoms with Gasteiger partial charge in [-0.05, 0) is 23.8 Å². The van der Waals surface area contributed by atoms with Gasteiger partial charge in [0.25, 0.3) is 5.91 Å². The maximum absolute atomic E-state index is 13.1. The van der Waals surface area contributed by atoms with Crippen LogP contribution >= 0.6 is 11.3 Å². The number of imidazole rings is 1. The predicted molar refractivity (Wildman–Crippen MR) is 101 cm³/mol. The molecular weight excluding hydrogens is 370 g/mol. The van der Waals surface area contributed by atoms with Crippen LogP contribution in [-0.2, 0) is 0 Å². The topological polar surface area (TPSA) is 59.8 Å². The van der Waals surface area contributed by atoms with Gasteiger partial charge in [-0.2, -0.15) is 8.78 Å². The number of halogens is 2. The molecule has 0 spiro atoms. The second kappa shape index (κ2) is 6.88. The standard InChI is InChI=1S/C19H14F2N4OS/c1-11-15(16-22-9-10-25(16)18(20)21)27-19(23-11)24-17(26)14-8-4-6-12-5-2-3-7-13(12)14/h2-10,18H,1H3,(H,23,24,26). The van der Waals surface area contributed by atoms with Crippen molar-refractivity contribution in [2.75, 3.05) is 5.32 Å². The van der Waals surface area contributed by atoms with Gasteiger partial charge < -0.3 is 0 Å². The van der Waals surface area contributed by atoms with Gasteiger partial charge >= 0.3 is 6.55 Å². The van der Waals surface area contributed by atoms with Gasteiger partial charge in [0.1, 0.15) is 0 Å². The largest absolute Gasteiger partial charge is 0.320 e. The molecule has 27 heavy (non-hydrogen) atoms. The predicted octanol–water partition coefficient (Wildman–Crippen LogP) is 5.12. The van der Waals surface area contributed by atoms with Crippen molar-refractivity contribution in [1.29, 1.82) is 0 Å². The zero-order valence-corrected chi connectivity index (χ0v) is 15.0. The molecule has 0 aliphatic heterocycles. The Bertz CT molecular complexity index is 1130. The van der Waals surface area contributed by atoms with Gasteiger partial charge in [-0.1, -0.05) is 47.7 Å². The van der Waals surface area contributed by atoms with E-state index in [1.54, 1.807) is 13.0 Å². The molecule has 0 fully saturated rings. The van der Waals surface area contributed by atoms with Gasteiger partial charge in [-0.15, -0.1) is 0 Å². The second-order valence-corrected chi connectivity index (χ2v) is 6.85. The minimum absolute atomic E-state index is 0.130. The number of hydrogen-bond acceptors (Lipinski definition) is 4. The summed E-state index contributed by atoms with van der Waals surface area (Å²) in [5.41, 5.74) is 1.05. The minimum Gasteiger partial charge on any atom is -0.298 e. The minimum atomic E-state index is -2.70. The number of aromatic nitrogens is 3. The van der Waals surface area contributed by atoms with Crippen molar-refractivity contribution in [3.05, 3.63) is 66.1 Å². The van der Waals surface area contributed by atoms with E-state index in [0.29, 0.717) is 21.3 Å². The molecule has 2 aromatic carbocycles. The lowest BCUT2D eigenvalue weighted by Gasteiger charge is -2.06. The maximum Gasteiger partial charge on any atom is 0.320 e. The Labute approximate surface area is 157 Å². The molecule has 0 aliphatic rings. The first-order valence-electron chi connectivity index (χ1n) is 8.12. The van der Waals surface area contributed by atoms with Crippen LogP contribution in [0.4, 0.5) is 13.9 Å². The summed E-state index contributed by atoms with van der Waals surface area (Å²) in [5.74, 6) is -0.171. The molecule has 0 unspecified atom stereocenters. The molecular formula is C19H14F2N4OS. The van der Waals surface area contributed by atoms with Crippen LogP contribution in [0.5, 0.6) is 0 Å². The summed E-state index contributed by atoms with van der Waals surface area (Å²) in [6.45, 7) is -0.998. The zero-order chi connectivity index (χ0) is 19.0. The number of anilines is 1. The van der Waals surface area contributed by atoms with E-state index in [-0.39, 0.29) is 11.7 Å². The first-order chi connectivity index (χ1) is 13.0. The summed E-state index contributed by atoms with van der Waals surface area (Å²) in [5, 5.41) is 4.89. The lowest BCUT2D eigenvalue weighted by molar-refractivity contribution is 0.0720. The van der Waals surface area contributed by atoms with Crippen molar-refractivity contribution in [3.63, 3.8) is 0 Å². The van der Waals surface area contributed by atoms with Crippen molar-refractivity contribution in [3.8, 4) is 10.7 Å². The summed E-state index contributed by atoms with van der Waals surface area (Å²) in [4.78, 5) is 21.5. The highest BCUT2D eigenvalue weighted by atomic mass is 32.1. The number of rotatable bonds is 4. The van der Waals surface area contributed by atoms with Crippen LogP contribution in [-0.4, -0.2) is 20.4 Å². The number of carbonyl (C=O) groups excluding carboxylic acids is 1. The third-order valence-electron chi connectivity index (χ3n) is 4.13. The summed E-state index contributed by atoms with van der Waals surface area (Å²) < 4.78 is 27.0. The molecule has 2 heterocycles. The number of carbonyl (C=O) groups is 1. The van der Waals surface area contributed by atoms with Crippen LogP contribution in [0.1, 0.15) is 22.6 Å². The Morgan fingerprint density at radius 2 is 1.96 bits per heavy atom. The highest BCUT2D eigenvalue weighted by Gasteiger charge is 2.20. The number of fused-ring (bicyclic) bond motifs is 1. The van der Waals surface area contributed by atoms with Crippen LogP contribution in [0.15, 0.2) is 54.9 Å². The fourth-order valence-electron chi connectivity index (χ4n) is 2.89. The van der Waals surface area contributed by atoms with Crippen molar-refractivity contribution in [2.24, 2.45) is 0 Å². The molecule has 1 amide bonds. The highest BCUT2D eigenvalue weighted by Crippen LogP contribution is 2.33. The number of alkyl halides is 2. The van der Waals surface area contributed by atoms with E-state index in [2.05, 4.69) is 15.3 Å². The molecule has 0 saturated heterocycles. The smallest absolute Gasteiger partial charge is 0.298 e. The molecule has 2 aromatic heterocycles. The molecule has 0 saturated carbocycles. The van der Waals surface area contributed by atoms with Crippen LogP contribution in [0.2, 0.25) is 0 Å². The van der Waals surface area contributed by atoms with E-state index in [4.69, 9.17) is 0 Å². The van der Waals surface area contributed by atoms with Crippen molar-refractivity contribution < 1.29 is 13.6 Å². The number of nitrogens with one attached hydrogen (secondary N) is 1. The highest BCUT2D eigenvalue weighted by molar-refractivity contribution is 7.19. The van der Waals surface area contributed by atoms with Crippen molar-refractivity contribution >= 4 is 33.1 Å². The molecule has 1 N–H and O–H groups in total. The van der Waals surface area contributed by atoms with Crippen LogP contribution in [0.3, 0.4) is 0 Å². The lowest BCUT2D eigenvalue weighted by atomic mass is 10.0. The number of amides is 1. The second-order valence-electron chi connectivity index (χ2n) is 5.85. The van der Waals surface area contributed by atoms with E-state index in [1.807, 2.05) is 36.4 Å². The zero-order valence-electron chi connectivity index (χ0n) is 14.2. The van der Waals surface area contributed by atoms with Gasteiger partial charge in [0.2, 0.25) is 0 Å². The van der Waals surface area contributed by atoms with E-state index >= 15 is 0 Å². The third kappa shape index (κ3) is 3.19. The van der Waals surface area contributed by atoms with E-state index in [0.717, 1.165) is 26.7 Å². The van der Waals surface area contributed by atoms with Gasteiger partial charge in [-0.25, -0.2) is 9.97 Å². The van der Waals surface area contributed by atoms with Gasteiger partial charge in [0, 0.05) is 18.0 Å². The number of hydrogen-bond donors (Lipinski definition) is 1. The third-order valence-corrected chi connectivity index (χ3v) is 5.20. The fraction of sp³-hybridized carbons (Fsp3) is 0.105. The van der Waals surface area contributed by atoms with Gasteiger partial charge in [0.15, 0.2) is 11.0 Å². The molecule has 8 heteroatoms. The number of aryl methyl sites for hydroxylation is 1. The molecule has 0 radical (unpaired) electrons. The van der Waals surface area contributed by atoms with Gasteiger partial charge in [-0.3, -0.25) is 14.7 Å². The Morgan fingerprint density at radius 1 is 1.19 bits per heavy atom. The molecule has 0 atom stereocenters. The monoisotopic (exact) mass is 384 g/mol. The summed E-state index contributed by atoms with van der Waals surface area (Å²) in [6.07, 6.45) is 2.53. The van der Waals surface area contributed by atoms with E-state index in [1.165, 1.54) is 12.4 Å². The maximum atomic E-state index is 13.1. The average Bonchev–Trinajstić information content (AvgIpc) is 3.27. The van der Waals surface area contributed by atoms with Gasteiger partial charge in [0.05, 0.1) is 10.6 Å². The lowest BCUT2D eigenvalue weighted by Crippen LogP contribution is -2.12. The Morgan fingerprint density at radius 3 is 2.78 bits per heavy atom. The number of benzene rings is 2. The molecule has 0 bridgehead atoms. The molecule has 4 aromatic rings. The first-order valence-corrected chi connectivity index (χ1v) is 8.94. The summed E-state index contributed by atoms with van der Waals surface area (Å²) in [6, 6.07) is 13.1. The summed E-state index contributed by atoms with van der Waals surface area (Å²) in [7, 11) is 0. The van der Waals surface area contributed by atoms with Crippen LogP contribution < -0.4 is 5.32 Å². The normalized spacial score (nSPS) is 11.3. The Balaban J connectivity index is 1.66. The first kappa shape index (κ1) is 17.3. The van der Waals surface area contributed by atoms with Crippen LogP contribution in [0.25, 0.3) is 21.5 Å². The number of nitrogens with zero attached hydrogens (tertiary/aromatic N) is 3. The van der Waals surface area contributed by atoms with Crippen LogP contribution in [0, 0.1) is 6.92 Å². The van der Waals surface area contributed by atoms with E-state index in [9.17, 15) is 13.6 Å². The summed E-state index contributed by atoms with van der Waals surface area (Å²) >= 11 is 1.12. The Hall–Kier alpha value is -3.13. The SMILES string of the molecule is Cc1nc(NC(=O)c2cccc3ccccc23)sc1-c1nccn1C(F)F. The van der Waals surface area contributed by atoms with E-state index < -0.39 is 6.55 Å². The molecule has 0 aliphatic carbocycles.